The molecule has 0 aliphatic carbocycles. The third-order valence-corrected chi connectivity index (χ3v) is 4.50. The van der Waals surface area contributed by atoms with Crippen LogP contribution in [0.15, 0.2) is 29.3 Å². The van der Waals surface area contributed by atoms with Crippen molar-refractivity contribution in [1.29, 1.82) is 0 Å². The molecule has 6 nitrogen and oxygen atoms in total. The predicted octanol–water partition coefficient (Wildman–Crippen LogP) is 2.81. The molecule has 1 aliphatic rings. The summed E-state index contributed by atoms with van der Waals surface area (Å²) in [7, 11) is 3.40. The molecule has 1 atom stereocenters. The molecule has 1 unspecified atom stereocenters. The topological polar surface area (TPSA) is 55.3 Å². The standard InChI is InChI=1S/C20H33N3O3.HI/c1-4-21-20(22-10-8-17-6-5-7-19(14-17)25-3)23-11-9-18(15-23)16-26-13-12-24-2;/h5-7,14,18H,4,8-13,15-16H2,1-3H3,(H,21,22);1H. The second-order valence-corrected chi connectivity index (χ2v) is 6.51. The number of halogens is 1. The number of benzene rings is 1. The first-order valence-electron chi connectivity index (χ1n) is 9.49. The van der Waals surface area contributed by atoms with Crippen molar-refractivity contribution in [2.45, 2.75) is 19.8 Å². The third kappa shape index (κ3) is 8.66. The maximum Gasteiger partial charge on any atom is 0.193 e. The van der Waals surface area contributed by atoms with E-state index in [9.17, 15) is 0 Å². The van der Waals surface area contributed by atoms with Gasteiger partial charge in [-0.3, -0.25) is 4.99 Å². The molecule has 1 fully saturated rings. The molecule has 154 valence electrons. The Morgan fingerprint density at radius 1 is 1.30 bits per heavy atom. The van der Waals surface area contributed by atoms with E-state index in [4.69, 9.17) is 19.2 Å². The fraction of sp³-hybridized carbons (Fsp3) is 0.650. The number of aliphatic imine (C=N–C) groups is 1. The van der Waals surface area contributed by atoms with Crippen LogP contribution in [0, 0.1) is 5.92 Å². The highest BCUT2D eigenvalue weighted by Crippen LogP contribution is 2.17. The van der Waals surface area contributed by atoms with E-state index in [1.54, 1.807) is 14.2 Å². The van der Waals surface area contributed by atoms with Crippen LogP contribution in [-0.4, -0.2) is 71.1 Å². The van der Waals surface area contributed by atoms with Crippen LogP contribution in [0.1, 0.15) is 18.9 Å². The lowest BCUT2D eigenvalue weighted by molar-refractivity contribution is 0.0536. The Morgan fingerprint density at radius 3 is 2.89 bits per heavy atom. The number of nitrogens with zero attached hydrogens (tertiary/aromatic N) is 2. The van der Waals surface area contributed by atoms with Gasteiger partial charge in [0.05, 0.1) is 26.9 Å². The van der Waals surface area contributed by atoms with Gasteiger partial charge >= 0.3 is 0 Å². The maximum absolute atomic E-state index is 5.68. The van der Waals surface area contributed by atoms with E-state index in [0.29, 0.717) is 19.1 Å². The number of rotatable bonds is 10. The molecular formula is C20H34IN3O3. The van der Waals surface area contributed by atoms with Crippen molar-refractivity contribution in [3.05, 3.63) is 29.8 Å². The molecule has 1 saturated heterocycles. The van der Waals surface area contributed by atoms with Gasteiger partial charge in [0.15, 0.2) is 5.96 Å². The van der Waals surface area contributed by atoms with Gasteiger partial charge < -0.3 is 24.4 Å². The van der Waals surface area contributed by atoms with Gasteiger partial charge in [-0.2, -0.15) is 0 Å². The van der Waals surface area contributed by atoms with Crippen molar-refractivity contribution in [3.8, 4) is 5.75 Å². The van der Waals surface area contributed by atoms with Crippen LogP contribution >= 0.6 is 24.0 Å². The van der Waals surface area contributed by atoms with E-state index >= 15 is 0 Å². The number of methoxy groups -OCH3 is 2. The van der Waals surface area contributed by atoms with E-state index < -0.39 is 0 Å². The molecule has 0 saturated carbocycles. The van der Waals surface area contributed by atoms with Gasteiger partial charge in [-0.25, -0.2) is 0 Å². The highest BCUT2D eigenvalue weighted by atomic mass is 127. The molecular weight excluding hydrogens is 457 g/mol. The number of likely N-dealkylation sites (tertiary alicyclic amines) is 1. The molecule has 2 rings (SSSR count). The SMILES string of the molecule is CCNC(=NCCc1cccc(OC)c1)N1CCC(COCCOC)C1.I. The van der Waals surface area contributed by atoms with Crippen molar-refractivity contribution in [2.24, 2.45) is 10.9 Å². The van der Waals surface area contributed by atoms with E-state index in [1.807, 2.05) is 12.1 Å². The number of hydrogen-bond acceptors (Lipinski definition) is 4. The van der Waals surface area contributed by atoms with Crippen LogP contribution in [0.25, 0.3) is 0 Å². The smallest absolute Gasteiger partial charge is 0.193 e. The summed E-state index contributed by atoms with van der Waals surface area (Å²) >= 11 is 0. The minimum absolute atomic E-state index is 0. The second-order valence-electron chi connectivity index (χ2n) is 6.51. The van der Waals surface area contributed by atoms with Crippen molar-refractivity contribution < 1.29 is 14.2 Å². The molecule has 0 amide bonds. The second kappa shape index (κ2) is 14.0. The first-order chi connectivity index (χ1) is 12.8. The van der Waals surface area contributed by atoms with Gasteiger partial charge in [0.1, 0.15) is 5.75 Å². The Balaban J connectivity index is 0.00000364. The molecule has 7 heteroatoms. The number of ether oxygens (including phenoxy) is 3. The highest BCUT2D eigenvalue weighted by molar-refractivity contribution is 14.0. The number of hydrogen-bond donors (Lipinski definition) is 1. The van der Waals surface area contributed by atoms with Gasteiger partial charge in [-0.15, -0.1) is 24.0 Å². The van der Waals surface area contributed by atoms with Gasteiger partial charge in [0.25, 0.3) is 0 Å². The minimum atomic E-state index is 0. The van der Waals surface area contributed by atoms with E-state index in [2.05, 4.69) is 29.3 Å². The first-order valence-corrected chi connectivity index (χ1v) is 9.49. The quantitative estimate of drug-likeness (QED) is 0.236. The van der Waals surface area contributed by atoms with Crippen LogP contribution in [-0.2, 0) is 15.9 Å². The third-order valence-electron chi connectivity index (χ3n) is 4.50. The lowest BCUT2D eigenvalue weighted by Gasteiger charge is -2.21. The number of guanidine groups is 1. The summed E-state index contributed by atoms with van der Waals surface area (Å²) in [6, 6.07) is 8.19. The van der Waals surface area contributed by atoms with E-state index in [1.165, 1.54) is 5.56 Å². The van der Waals surface area contributed by atoms with Crippen molar-refractivity contribution in [2.75, 3.05) is 60.2 Å². The van der Waals surface area contributed by atoms with Crippen LogP contribution in [0.5, 0.6) is 5.75 Å². The Morgan fingerprint density at radius 2 is 2.15 bits per heavy atom. The predicted molar refractivity (Wildman–Crippen MR) is 120 cm³/mol. The zero-order valence-electron chi connectivity index (χ0n) is 16.8. The lowest BCUT2D eigenvalue weighted by atomic mass is 10.1. The summed E-state index contributed by atoms with van der Waals surface area (Å²) in [5.41, 5.74) is 1.25. The fourth-order valence-corrected chi connectivity index (χ4v) is 3.10. The summed E-state index contributed by atoms with van der Waals surface area (Å²) < 4.78 is 16.0. The van der Waals surface area contributed by atoms with Gasteiger partial charge in [0.2, 0.25) is 0 Å². The molecule has 0 spiro atoms. The van der Waals surface area contributed by atoms with Crippen LogP contribution in [0.4, 0.5) is 0 Å². The van der Waals surface area contributed by atoms with Crippen molar-refractivity contribution in [1.82, 2.24) is 10.2 Å². The first kappa shape index (κ1) is 24.0. The van der Waals surface area contributed by atoms with E-state index in [-0.39, 0.29) is 24.0 Å². The highest BCUT2D eigenvalue weighted by Gasteiger charge is 2.24. The summed E-state index contributed by atoms with van der Waals surface area (Å²) in [6.07, 6.45) is 2.05. The Labute approximate surface area is 180 Å². The summed E-state index contributed by atoms with van der Waals surface area (Å²) in [5, 5.41) is 3.42. The Kier molecular flexibility index (Phi) is 12.4. The zero-order chi connectivity index (χ0) is 18.6. The lowest BCUT2D eigenvalue weighted by Crippen LogP contribution is -2.40. The number of nitrogens with one attached hydrogen (secondary N) is 1. The average Bonchev–Trinajstić information content (AvgIpc) is 3.13. The summed E-state index contributed by atoms with van der Waals surface area (Å²) in [5.74, 6) is 2.47. The molecule has 27 heavy (non-hydrogen) atoms. The van der Waals surface area contributed by atoms with Crippen LogP contribution in [0.2, 0.25) is 0 Å². The maximum atomic E-state index is 5.68. The zero-order valence-corrected chi connectivity index (χ0v) is 19.1. The molecule has 1 aromatic rings. The molecule has 1 heterocycles. The van der Waals surface area contributed by atoms with Crippen molar-refractivity contribution in [3.63, 3.8) is 0 Å². The Hall–Kier alpha value is -1.06. The van der Waals surface area contributed by atoms with Crippen molar-refractivity contribution >= 4 is 29.9 Å². The molecule has 1 aliphatic heterocycles. The molecule has 0 aromatic heterocycles. The van der Waals surface area contributed by atoms with Gasteiger partial charge in [-0.1, -0.05) is 12.1 Å². The van der Waals surface area contributed by atoms with Crippen LogP contribution in [0.3, 0.4) is 0 Å². The summed E-state index contributed by atoms with van der Waals surface area (Å²) in [6.45, 7) is 7.90. The Bertz CT molecular complexity index is 557. The molecule has 1 aromatic carbocycles. The van der Waals surface area contributed by atoms with E-state index in [0.717, 1.165) is 57.3 Å². The summed E-state index contributed by atoms with van der Waals surface area (Å²) in [4.78, 5) is 7.17. The average molecular weight is 491 g/mol. The normalized spacial score (nSPS) is 16.9. The minimum Gasteiger partial charge on any atom is -0.497 e. The van der Waals surface area contributed by atoms with Gasteiger partial charge in [-0.05, 0) is 37.5 Å². The molecule has 1 N–H and O–H groups in total. The van der Waals surface area contributed by atoms with Crippen LogP contribution < -0.4 is 10.1 Å². The van der Waals surface area contributed by atoms with Gasteiger partial charge in [0, 0.05) is 39.2 Å². The largest absolute Gasteiger partial charge is 0.497 e. The molecule has 0 bridgehead atoms. The molecule has 0 radical (unpaired) electrons. The fourth-order valence-electron chi connectivity index (χ4n) is 3.10. The monoisotopic (exact) mass is 491 g/mol.